The van der Waals surface area contributed by atoms with Crippen molar-refractivity contribution < 1.29 is 9.18 Å². The molecule has 1 unspecified atom stereocenters. The van der Waals surface area contributed by atoms with Gasteiger partial charge in [-0.3, -0.25) is 0 Å². The first-order valence-electron chi connectivity index (χ1n) is 6.24. The number of para-hydroxylation sites is 2. The van der Waals surface area contributed by atoms with Crippen LogP contribution in [0, 0.1) is 5.82 Å². The second kappa shape index (κ2) is 6.06. The van der Waals surface area contributed by atoms with E-state index >= 15 is 0 Å². The summed E-state index contributed by atoms with van der Waals surface area (Å²) < 4.78 is 13.4. The maximum absolute atomic E-state index is 13.4. The first-order chi connectivity index (χ1) is 9.58. The summed E-state index contributed by atoms with van der Waals surface area (Å²) in [7, 11) is 0. The largest absolute Gasteiger partial charge is 0.398 e. The normalized spacial score (nSPS) is 11.7. The van der Waals surface area contributed by atoms with Crippen molar-refractivity contribution >= 4 is 17.4 Å². The first kappa shape index (κ1) is 13.9. The Kier molecular flexibility index (Phi) is 4.20. The van der Waals surface area contributed by atoms with Crippen LogP contribution in [0.4, 0.5) is 20.6 Å². The number of benzene rings is 2. The van der Waals surface area contributed by atoms with Crippen LogP contribution in [0.15, 0.2) is 48.5 Å². The summed E-state index contributed by atoms with van der Waals surface area (Å²) in [5, 5.41) is 5.18. The number of rotatable bonds is 3. The van der Waals surface area contributed by atoms with E-state index in [1.807, 2.05) is 25.1 Å². The SMILES string of the molecule is CC(NC(=O)Nc1ccccc1F)c1ccccc1N. The van der Waals surface area contributed by atoms with Crippen molar-refractivity contribution in [3.05, 3.63) is 59.9 Å². The number of hydrogen-bond acceptors (Lipinski definition) is 2. The minimum Gasteiger partial charge on any atom is -0.398 e. The maximum atomic E-state index is 13.4. The molecule has 4 N–H and O–H groups in total. The molecule has 0 heterocycles. The molecule has 20 heavy (non-hydrogen) atoms. The molecular formula is C15H16FN3O. The molecular weight excluding hydrogens is 257 g/mol. The van der Waals surface area contributed by atoms with Crippen LogP contribution in [0.3, 0.4) is 0 Å². The van der Waals surface area contributed by atoms with Gasteiger partial charge in [-0.15, -0.1) is 0 Å². The molecule has 0 aliphatic rings. The van der Waals surface area contributed by atoms with Gasteiger partial charge in [-0.2, -0.15) is 0 Å². The van der Waals surface area contributed by atoms with Crippen LogP contribution >= 0.6 is 0 Å². The van der Waals surface area contributed by atoms with Gasteiger partial charge in [0.2, 0.25) is 0 Å². The molecule has 2 rings (SSSR count). The second-order valence-electron chi connectivity index (χ2n) is 4.43. The minimum absolute atomic E-state index is 0.137. The predicted molar refractivity (Wildman–Crippen MR) is 77.8 cm³/mol. The van der Waals surface area contributed by atoms with Gasteiger partial charge < -0.3 is 16.4 Å². The number of halogens is 1. The highest BCUT2D eigenvalue weighted by atomic mass is 19.1. The number of nitrogens with one attached hydrogen (secondary N) is 2. The van der Waals surface area contributed by atoms with E-state index in [1.54, 1.807) is 18.2 Å². The highest BCUT2D eigenvalue weighted by molar-refractivity contribution is 5.89. The Morgan fingerprint density at radius 3 is 2.50 bits per heavy atom. The number of nitrogens with two attached hydrogens (primary N) is 1. The molecule has 2 amide bonds. The second-order valence-corrected chi connectivity index (χ2v) is 4.43. The Hall–Kier alpha value is -2.56. The van der Waals surface area contributed by atoms with Gasteiger partial charge in [0.05, 0.1) is 11.7 Å². The van der Waals surface area contributed by atoms with Gasteiger partial charge in [-0.25, -0.2) is 9.18 Å². The van der Waals surface area contributed by atoms with Crippen molar-refractivity contribution in [2.75, 3.05) is 11.1 Å². The number of nitrogen functional groups attached to an aromatic ring is 1. The van der Waals surface area contributed by atoms with Crippen LogP contribution in [0.2, 0.25) is 0 Å². The molecule has 0 bridgehead atoms. The third-order valence-corrected chi connectivity index (χ3v) is 2.93. The van der Waals surface area contributed by atoms with E-state index in [0.717, 1.165) is 5.56 Å². The predicted octanol–water partition coefficient (Wildman–Crippen LogP) is 3.29. The molecule has 1 atom stereocenters. The van der Waals surface area contributed by atoms with E-state index in [0.29, 0.717) is 5.69 Å². The van der Waals surface area contributed by atoms with E-state index < -0.39 is 11.8 Å². The van der Waals surface area contributed by atoms with Crippen molar-refractivity contribution in [2.24, 2.45) is 0 Å². The van der Waals surface area contributed by atoms with Gasteiger partial charge >= 0.3 is 6.03 Å². The van der Waals surface area contributed by atoms with Gasteiger partial charge in [0, 0.05) is 5.69 Å². The lowest BCUT2D eigenvalue weighted by Crippen LogP contribution is -2.31. The number of hydrogen-bond donors (Lipinski definition) is 3. The van der Waals surface area contributed by atoms with Crippen LogP contribution in [0.25, 0.3) is 0 Å². The van der Waals surface area contributed by atoms with Crippen LogP contribution in [0.5, 0.6) is 0 Å². The fourth-order valence-electron chi connectivity index (χ4n) is 1.90. The number of anilines is 2. The molecule has 2 aromatic carbocycles. The number of urea groups is 1. The Bertz CT molecular complexity index is 616. The van der Waals surface area contributed by atoms with E-state index in [4.69, 9.17) is 5.73 Å². The van der Waals surface area contributed by atoms with E-state index in [2.05, 4.69) is 10.6 Å². The fraction of sp³-hybridized carbons (Fsp3) is 0.133. The summed E-state index contributed by atoms with van der Waals surface area (Å²) in [5.41, 5.74) is 7.40. The zero-order valence-electron chi connectivity index (χ0n) is 11.1. The summed E-state index contributed by atoms with van der Waals surface area (Å²) in [6.07, 6.45) is 0. The summed E-state index contributed by atoms with van der Waals surface area (Å²) in [6, 6.07) is 12.5. The summed E-state index contributed by atoms with van der Waals surface area (Å²) >= 11 is 0. The molecule has 2 aromatic rings. The van der Waals surface area contributed by atoms with Crippen molar-refractivity contribution in [3.8, 4) is 0 Å². The molecule has 0 saturated heterocycles. The molecule has 0 radical (unpaired) electrons. The molecule has 104 valence electrons. The molecule has 5 heteroatoms. The van der Waals surface area contributed by atoms with Crippen LogP contribution in [-0.2, 0) is 0 Å². The number of carbonyl (C=O) groups excluding carboxylic acids is 1. The quantitative estimate of drug-likeness (QED) is 0.751. The van der Waals surface area contributed by atoms with Crippen molar-refractivity contribution in [2.45, 2.75) is 13.0 Å². The van der Waals surface area contributed by atoms with Crippen LogP contribution < -0.4 is 16.4 Å². The highest BCUT2D eigenvalue weighted by Gasteiger charge is 2.12. The van der Waals surface area contributed by atoms with Gasteiger partial charge in [-0.05, 0) is 30.7 Å². The van der Waals surface area contributed by atoms with Crippen molar-refractivity contribution in [1.29, 1.82) is 0 Å². The van der Waals surface area contributed by atoms with Crippen LogP contribution in [0.1, 0.15) is 18.5 Å². The van der Waals surface area contributed by atoms with Gasteiger partial charge in [0.1, 0.15) is 5.82 Å². The summed E-state index contributed by atoms with van der Waals surface area (Å²) in [4.78, 5) is 11.8. The minimum atomic E-state index is -0.481. The summed E-state index contributed by atoms with van der Waals surface area (Å²) in [5.74, 6) is -0.477. The first-order valence-corrected chi connectivity index (χ1v) is 6.24. The highest BCUT2D eigenvalue weighted by Crippen LogP contribution is 2.19. The lowest BCUT2D eigenvalue weighted by molar-refractivity contribution is 0.249. The standard InChI is InChI=1S/C15H16FN3O/c1-10(11-6-2-4-8-13(11)17)18-15(20)19-14-9-5-3-7-12(14)16/h2-10H,17H2,1H3,(H2,18,19,20). The van der Waals surface area contributed by atoms with Crippen molar-refractivity contribution in [3.63, 3.8) is 0 Å². The number of amides is 2. The topological polar surface area (TPSA) is 67.2 Å². The molecule has 0 saturated carbocycles. The zero-order valence-corrected chi connectivity index (χ0v) is 11.1. The third kappa shape index (κ3) is 3.26. The van der Waals surface area contributed by atoms with Gasteiger partial charge in [-0.1, -0.05) is 30.3 Å². The van der Waals surface area contributed by atoms with Gasteiger partial charge in [0.15, 0.2) is 0 Å². The average molecular weight is 273 g/mol. The summed E-state index contributed by atoms with van der Waals surface area (Å²) in [6.45, 7) is 1.81. The lowest BCUT2D eigenvalue weighted by atomic mass is 10.1. The van der Waals surface area contributed by atoms with E-state index in [9.17, 15) is 9.18 Å². The molecule has 4 nitrogen and oxygen atoms in total. The smallest absolute Gasteiger partial charge is 0.319 e. The molecule has 0 spiro atoms. The molecule has 0 aromatic heterocycles. The van der Waals surface area contributed by atoms with Crippen LogP contribution in [-0.4, -0.2) is 6.03 Å². The Balaban J connectivity index is 2.02. The molecule has 0 fully saturated rings. The average Bonchev–Trinajstić information content (AvgIpc) is 2.41. The zero-order chi connectivity index (χ0) is 14.5. The molecule has 0 aliphatic carbocycles. The fourth-order valence-corrected chi connectivity index (χ4v) is 1.90. The van der Waals surface area contributed by atoms with E-state index in [1.165, 1.54) is 12.1 Å². The van der Waals surface area contributed by atoms with Gasteiger partial charge in [0.25, 0.3) is 0 Å². The maximum Gasteiger partial charge on any atom is 0.319 e. The third-order valence-electron chi connectivity index (χ3n) is 2.93. The monoisotopic (exact) mass is 273 g/mol. The Morgan fingerprint density at radius 1 is 1.15 bits per heavy atom. The Morgan fingerprint density at radius 2 is 1.80 bits per heavy atom. The van der Waals surface area contributed by atoms with Crippen molar-refractivity contribution in [1.82, 2.24) is 5.32 Å². The Labute approximate surface area is 116 Å². The van der Waals surface area contributed by atoms with E-state index in [-0.39, 0.29) is 11.7 Å². The molecule has 0 aliphatic heterocycles. The number of carbonyl (C=O) groups is 1. The lowest BCUT2D eigenvalue weighted by Gasteiger charge is -2.16.